The minimum Gasteiger partial charge on any atom is -0.379 e. The van der Waals surface area contributed by atoms with Gasteiger partial charge in [0, 0.05) is 6.54 Å². The highest BCUT2D eigenvalue weighted by Crippen LogP contribution is 2.29. The number of halogens is 1. The van der Waals surface area contributed by atoms with Crippen LogP contribution >= 0.6 is 0 Å². The first-order chi connectivity index (χ1) is 8.24. The molecule has 0 atom stereocenters. The van der Waals surface area contributed by atoms with Crippen molar-refractivity contribution < 1.29 is 9.31 Å². The van der Waals surface area contributed by atoms with E-state index in [1.165, 1.54) is 12.1 Å². The Morgan fingerprint density at radius 1 is 1.44 bits per heavy atom. The van der Waals surface area contributed by atoms with Crippen molar-refractivity contribution in [3.05, 3.63) is 34.1 Å². The van der Waals surface area contributed by atoms with Crippen molar-refractivity contribution in [1.82, 2.24) is 0 Å². The van der Waals surface area contributed by atoms with E-state index in [0.717, 1.165) is 6.07 Å². The van der Waals surface area contributed by atoms with Gasteiger partial charge in [-0.1, -0.05) is 27.7 Å². The molecule has 1 rings (SSSR count). The summed E-state index contributed by atoms with van der Waals surface area (Å²) in [5, 5.41) is 13.9. The smallest absolute Gasteiger partial charge is 0.295 e. The maximum absolute atomic E-state index is 13.0. The fraction of sp³-hybridized carbons (Fsp3) is 0.538. The molecule has 0 aliphatic carbocycles. The highest BCUT2D eigenvalue weighted by atomic mass is 19.1. The van der Waals surface area contributed by atoms with Crippen molar-refractivity contribution in [3.8, 4) is 0 Å². The molecule has 1 aromatic rings. The van der Waals surface area contributed by atoms with Gasteiger partial charge in [0.15, 0.2) is 0 Å². The van der Waals surface area contributed by atoms with Gasteiger partial charge in [-0.15, -0.1) is 0 Å². The Morgan fingerprint density at radius 3 is 2.56 bits per heavy atom. The Bertz CT molecular complexity index is 445. The van der Waals surface area contributed by atoms with Crippen LogP contribution in [0.1, 0.15) is 27.7 Å². The third kappa shape index (κ3) is 3.42. The number of hydrogen-bond donors (Lipinski definition) is 1. The molecular formula is C13H19FN2O2. The van der Waals surface area contributed by atoms with Crippen LogP contribution in [0.5, 0.6) is 0 Å². The zero-order chi connectivity index (χ0) is 13.9. The summed E-state index contributed by atoms with van der Waals surface area (Å²) in [6.07, 6.45) is 0. The SMILES string of the molecule is CC(C)C(C)(C)CNc1ccc(F)cc1[N+](=O)[O-]. The topological polar surface area (TPSA) is 55.2 Å². The fourth-order valence-electron chi connectivity index (χ4n) is 1.33. The van der Waals surface area contributed by atoms with E-state index < -0.39 is 10.7 Å². The van der Waals surface area contributed by atoms with E-state index >= 15 is 0 Å². The molecule has 0 saturated carbocycles. The standard InChI is InChI=1S/C13H19FN2O2/c1-9(2)13(3,4)8-15-11-6-5-10(14)7-12(11)16(17)18/h5-7,9,15H,8H2,1-4H3. The Hall–Kier alpha value is -1.65. The van der Waals surface area contributed by atoms with Crippen molar-refractivity contribution in [2.45, 2.75) is 27.7 Å². The normalized spacial score (nSPS) is 11.7. The number of anilines is 1. The second-order valence-electron chi connectivity index (χ2n) is 5.42. The first-order valence-corrected chi connectivity index (χ1v) is 5.92. The van der Waals surface area contributed by atoms with Crippen molar-refractivity contribution in [1.29, 1.82) is 0 Å². The lowest BCUT2D eigenvalue weighted by Gasteiger charge is -2.29. The number of nitro benzene ring substituents is 1. The fourth-order valence-corrected chi connectivity index (χ4v) is 1.33. The molecule has 0 bridgehead atoms. The second-order valence-corrected chi connectivity index (χ2v) is 5.42. The molecule has 0 unspecified atom stereocenters. The number of rotatable bonds is 5. The molecular weight excluding hydrogens is 235 g/mol. The highest BCUT2D eigenvalue weighted by Gasteiger charge is 2.23. The Kier molecular flexibility index (Phi) is 4.27. The van der Waals surface area contributed by atoms with Crippen molar-refractivity contribution in [2.75, 3.05) is 11.9 Å². The van der Waals surface area contributed by atoms with Gasteiger partial charge in [-0.2, -0.15) is 0 Å². The Balaban J connectivity index is 2.89. The van der Waals surface area contributed by atoms with Gasteiger partial charge in [0.2, 0.25) is 0 Å². The first-order valence-electron chi connectivity index (χ1n) is 5.92. The molecule has 0 radical (unpaired) electrons. The molecule has 0 amide bonds. The molecule has 0 aliphatic rings. The van der Waals surface area contributed by atoms with Gasteiger partial charge in [-0.05, 0) is 23.5 Å². The van der Waals surface area contributed by atoms with Crippen LogP contribution in [-0.2, 0) is 0 Å². The predicted molar refractivity (Wildman–Crippen MR) is 70.2 cm³/mol. The third-order valence-electron chi connectivity index (χ3n) is 3.45. The van der Waals surface area contributed by atoms with Crippen LogP contribution in [0, 0.1) is 27.3 Å². The molecule has 0 aromatic heterocycles. The van der Waals surface area contributed by atoms with Gasteiger partial charge in [0.25, 0.3) is 5.69 Å². The lowest BCUT2D eigenvalue weighted by Crippen LogP contribution is -2.28. The van der Waals surface area contributed by atoms with Crippen LogP contribution < -0.4 is 5.32 Å². The summed E-state index contributed by atoms with van der Waals surface area (Å²) in [6.45, 7) is 8.96. The summed E-state index contributed by atoms with van der Waals surface area (Å²) in [7, 11) is 0. The van der Waals surface area contributed by atoms with Crippen molar-refractivity contribution in [3.63, 3.8) is 0 Å². The lowest BCUT2D eigenvalue weighted by molar-refractivity contribution is -0.384. The van der Waals surface area contributed by atoms with E-state index in [4.69, 9.17) is 0 Å². The largest absolute Gasteiger partial charge is 0.379 e. The first kappa shape index (κ1) is 14.4. The number of nitrogens with one attached hydrogen (secondary N) is 1. The molecule has 5 heteroatoms. The van der Waals surface area contributed by atoms with Crippen LogP contribution in [0.4, 0.5) is 15.8 Å². The molecule has 0 heterocycles. The Labute approximate surface area is 106 Å². The van der Waals surface area contributed by atoms with Gasteiger partial charge < -0.3 is 5.32 Å². The molecule has 1 N–H and O–H groups in total. The average Bonchev–Trinajstić information content (AvgIpc) is 2.27. The predicted octanol–water partition coefficient (Wildman–Crippen LogP) is 3.83. The zero-order valence-electron chi connectivity index (χ0n) is 11.2. The molecule has 1 aromatic carbocycles. The van der Waals surface area contributed by atoms with E-state index in [0.29, 0.717) is 18.2 Å². The van der Waals surface area contributed by atoms with Gasteiger partial charge >= 0.3 is 0 Å². The van der Waals surface area contributed by atoms with Gasteiger partial charge in [0.1, 0.15) is 11.5 Å². The average molecular weight is 254 g/mol. The second kappa shape index (κ2) is 5.33. The lowest BCUT2D eigenvalue weighted by atomic mass is 9.81. The van der Waals surface area contributed by atoms with Gasteiger partial charge in [-0.3, -0.25) is 10.1 Å². The summed E-state index contributed by atoms with van der Waals surface area (Å²) in [5.41, 5.74) is 0.132. The zero-order valence-corrected chi connectivity index (χ0v) is 11.2. The van der Waals surface area contributed by atoms with Crippen molar-refractivity contribution in [2.24, 2.45) is 11.3 Å². The maximum atomic E-state index is 13.0. The molecule has 0 aliphatic heterocycles. The summed E-state index contributed by atoms with van der Waals surface area (Å²) >= 11 is 0. The quantitative estimate of drug-likeness (QED) is 0.641. The van der Waals surface area contributed by atoms with Crippen LogP contribution in [-0.4, -0.2) is 11.5 Å². The number of nitrogens with zero attached hydrogens (tertiary/aromatic N) is 1. The van der Waals surface area contributed by atoms with E-state index in [9.17, 15) is 14.5 Å². The van der Waals surface area contributed by atoms with Crippen LogP contribution in [0.25, 0.3) is 0 Å². The monoisotopic (exact) mass is 254 g/mol. The van der Waals surface area contributed by atoms with Crippen LogP contribution in [0.15, 0.2) is 18.2 Å². The summed E-state index contributed by atoms with van der Waals surface area (Å²) in [6, 6.07) is 3.56. The molecule has 18 heavy (non-hydrogen) atoms. The highest BCUT2D eigenvalue weighted by molar-refractivity contribution is 5.61. The van der Waals surface area contributed by atoms with Crippen molar-refractivity contribution >= 4 is 11.4 Å². The van der Waals surface area contributed by atoms with Gasteiger partial charge in [0.05, 0.1) is 11.0 Å². The van der Waals surface area contributed by atoms with Gasteiger partial charge in [-0.25, -0.2) is 4.39 Å². The minimum atomic E-state index is -0.602. The number of nitro groups is 1. The number of hydrogen-bond acceptors (Lipinski definition) is 3. The third-order valence-corrected chi connectivity index (χ3v) is 3.45. The summed E-state index contributed by atoms with van der Waals surface area (Å²) in [5.74, 6) is -0.167. The summed E-state index contributed by atoms with van der Waals surface area (Å²) in [4.78, 5) is 10.3. The molecule has 0 saturated heterocycles. The van der Waals surface area contributed by atoms with Crippen LogP contribution in [0.3, 0.4) is 0 Å². The molecule has 4 nitrogen and oxygen atoms in total. The van der Waals surface area contributed by atoms with E-state index in [2.05, 4.69) is 33.0 Å². The van der Waals surface area contributed by atoms with E-state index in [-0.39, 0.29) is 11.1 Å². The summed E-state index contributed by atoms with van der Waals surface area (Å²) < 4.78 is 13.0. The molecule has 0 fully saturated rings. The minimum absolute atomic E-state index is 0.00224. The van der Waals surface area contributed by atoms with Crippen LogP contribution in [0.2, 0.25) is 0 Å². The van der Waals surface area contributed by atoms with E-state index in [1.54, 1.807) is 0 Å². The molecule has 0 spiro atoms. The van der Waals surface area contributed by atoms with E-state index in [1.807, 2.05) is 0 Å². The Morgan fingerprint density at radius 2 is 2.06 bits per heavy atom. The number of benzene rings is 1. The molecule has 100 valence electrons. The maximum Gasteiger partial charge on any atom is 0.295 e.